The lowest BCUT2D eigenvalue weighted by atomic mass is 9.98. The van der Waals surface area contributed by atoms with E-state index in [-0.39, 0.29) is 5.78 Å². The number of methoxy groups -OCH3 is 1. The van der Waals surface area contributed by atoms with Crippen molar-refractivity contribution < 1.29 is 13.9 Å². The minimum absolute atomic E-state index is 0.0431. The highest BCUT2D eigenvalue weighted by Crippen LogP contribution is 2.31. The predicted octanol–water partition coefficient (Wildman–Crippen LogP) is 5.02. The minimum atomic E-state index is -0.0431. The Morgan fingerprint density at radius 3 is 2.61 bits per heavy atom. The third-order valence-corrected chi connectivity index (χ3v) is 4.00. The van der Waals surface area contributed by atoms with Crippen molar-refractivity contribution in [2.24, 2.45) is 0 Å². The molecule has 0 bridgehead atoms. The number of benzene rings is 2. The van der Waals surface area contributed by atoms with Crippen LogP contribution in [0.5, 0.6) is 5.75 Å². The van der Waals surface area contributed by atoms with E-state index >= 15 is 0 Å². The largest absolute Gasteiger partial charge is 0.496 e. The van der Waals surface area contributed by atoms with E-state index in [4.69, 9.17) is 9.15 Å². The van der Waals surface area contributed by atoms with Gasteiger partial charge in [-0.2, -0.15) is 0 Å². The van der Waals surface area contributed by atoms with Gasteiger partial charge in [-0.05, 0) is 24.6 Å². The van der Waals surface area contributed by atoms with E-state index in [0.29, 0.717) is 16.9 Å². The first-order valence-corrected chi connectivity index (χ1v) is 7.94. The van der Waals surface area contributed by atoms with Crippen LogP contribution >= 0.6 is 0 Å². The summed E-state index contributed by atoms with van der Waals surface area (Å²) >= 11 is 0. The van der Waals surface area contributed by atoms with Gasteiger partial charge in [0, 0.05) is 11.8 Å². The fraction of sp³-hybridized carbons (Fsp3) is 0.250. The molecule has 3 aromatic rings. The molecule has 1 aromatic heterocycles. The normalized spacial score (nSPS) is 10.9. The molecule has 0 aliphatic heterocycles. The van der Waals surface area contributed by atoms with Crippen molar-refractivity contribution in [3.05, 3.63) is 65.4 Å². The Balaban J connectivity index is 2.15. The number of ketones is 1. The quantitative estimate of drug-likeness (QED) is 0.601. The van der Waals surface area contributed by atoms with Gasteiger partial charge in [0.05, 0.1) is 18.2 Å². The van der Waals surface area contributed by atoms with E-state index in [1.54, 1.807) is 19.2 Å². The number of hydrogen-bond donors (Lipinski definition) is 0. The molecule has 0 N–H and O–H groups in total. The molecule has 0 atom stereocenters. The predicted molar refractivity (Wildman–Crippen MR) is 91.3 cm³/mol. The minimum Gasteiger partial charge on any atom is -0.496 e. The van der Waals surface area contributed by atoms with Crippen LogP contribution in [0.3, 0.4) is 0 Å². The molecular weight excluding hydrogens is 288 g/mol. The molecule has 3 heteroatoms. The summed E-state index contributed by atoms with van der Waals surface area (Å²) in [6.07, 6.45) is 2.81. The van der Waals surface area contributed by atoms with Gasteiger partial charge in [-0.15, -0.1) is 0 Å². The first-order chi connectivity index (χ1) is 11.3. The lowest BCUT2D eigenvalue weighted by Crippen LogP contribution is -2.06. The third-order valence-electron chi connectivity index (χ3n) is 4.00. The van der Waals surface area contributed by atoms with Crippen LogP contribution in [0.1, 0.15) is 41.4 Å². The number of furan rings is 1. The molecule has 1 heterocycles. The Bertz CT molecular complexity index is 830. The Morgan fingerprint density at radius 1 is 1.09 bits per heavy atom. The van der Waals surface area contributed by atoms with E-state index < -0.39 is 0 Å². The topological polar surface area (TPSA) is 39.4 Å². The summed E-state index contributed by atoms with van der Waals surface area (Å²) in [7, 11) is 1.58. The second-order valence-electron chi connectivity index (χ2n) is 5.53. The van der Waals surface area contributed by atoms with E-state index in [2.05, 4.69) is 6.92 Å². The molecule has 0 fully saturated rings. The van der Waals surface area contributed by atoms with Gasteiger partial charge in [-0.25, -0.2) is 0 Å². The lowest BCUT2D eigenvalue weighted by molar-refractivity contribution is 0.103. The molecule has 0 unspecified atom stereocenters. The molecule has 0 aliphatic carbocycles. The molecule has 23 heavy (non-hydrogen) atoms. The second kappa shape index (κ2) is 6.69. The van der Waals surface area contributed by atoms with Gasteiger partial charge in [0.2, 0.25) is 5.78 Å². The van der Waals surface area contributed by atoms with Crippen LogP contribution in [-0.2, 0) is 6.42 Å². The Hall–Kier alpha value is -2.55. The van der Waals surface area contributed by atoms with Gasteiger partial charge in [-0.3, -0.25) is 4.79 Å². The van der Waals surface area contributed by atoms with Crippen molar-refractivity contribution in [3.8, 4) is 5.75 Å². The number of para-hydroxylation sites is 2. The van der Waals surface area contributed by atoms with Crippen molar-refractivity contribution in [1.29, 1.82) is 0 Å². The second-order valence-corrected chi connectivity index (χ2v) is 5.53. The van der Waals surface area contributed by atoms with Crippen LogP contribution in [0.25, 0.3) is 11.0 Å². The van der Waals surface area contributed by atoms with Crippen molar-refractivity contribution in [2.75, 3.05) is 7.11 Å². The monoisotopic (exact) mass is 308 g/mol. The van der Waals surface area contributed by atoms with Crippen LogP contribution in [0.2, 0.25) is 0 Å². The number of ether oxygens (including phenoxy) is 1. The van der Waals surface area contributed by atoms with Crippen LogP contribution in [0, 0.1) is 0 Å². The maximum Gasteiger partial charge on any atom is 0.200 e. The maximum atomic E-state index is 13.1. The van der Waals surface area contributed by atoms with Crippen molar-refractivity contribution in [1.82, 2.24) is 0 Å². The number of fused-ring (bicyclic) bond motifs is 1. The smallest absolute Gasteiger partial charge is 0.200 e. The molecule has 0 saturated carbocycles. The molecule has 0 radical (unpaired) electrons. The summed E-state index contributed by atoms with van der Waals surface area (Å²) in [5.74, 6) is 1.31. The summed E-state index contributed by atoms with van der Waals surface area (Å²) in [4.78, 5) is 13.1. The zero-order valence-electron chi connectivity index (χ0n) is 13.5. The lowest BCUT2D eigenvalue weighted by Gasteiger charge is -2.07. The Kier molecular flexibility index (Phi) is 4.47. The standard InChI is InChI=1S/C20H20O3/c1-3-4-11-18-19(14-9-5-8-13-17(14)23-18)20(21)15-10-6-7-12-16(15)22-2/h5-10,12-13H,3-4,11H2,1-2H3. The molecule has 0 amide bonds. The SMILES string of the molecule is CCCCc1oc2ccccc2c1C(=O)c1ccccc1OC. The molecule has 0 aliphatic rings. The zero-order chi connectivity index (χ0) is 16.2. The average Bonchev–Trinajstić information content (AvgIpc) is 2.97. The van der Waals surface area contributed by atoms with E-state index in [1.807, 2.05) is 36.4 Å². The van der Waals surface area contributed by atoms with Crippen molar-refractivity contribution in [2.45, 2.75) is 26.2 Å². The molecule has 2 aromatic carbocycles. The van der Waals surface area contributed by atoms with Crippen LogP contribution in [-0.4, -0.2) is 12.9 Å². The summed E-state index contributed by atoms with van der Waals surface area (Å²) in [6.45, 7) is 2.13. The average molecular weight is 308 g/mol. The molecule has 118 valence electrons. The first kappa shape index (κ1) is 15.3. The van der Waals surface area contributed by atoms with Crippen LogP contribution in [0.4, 0.5) is 0 Å². The molecule has 3 rings (SSSR count). The highest BCUT2D eigenvalue weighted by molar-refractivity contribution is 6.18. The summed E-state index contributed by atoms with van der Waals surface area (Å²) < 4.78 is 11.3. The van der Waals surface area contributed by atoms with Gasteiger partial charge >= 0.3 is 0 Å². The number of rotatable bonds is 6. The summed E-state index contributed by atoms with van der Waals surface area (Å²) in [6, 6.07) is 15.0. The maximum absolute atomic E-state index is 13.1. The van der Waals surface area contributed by atoms with Gasteiger partial charge < -0.3 is 9.15 Å². The number of unbranched alkanes of at least 4 members (excludes halogenated alkanes) is 1. The first-order valence-electron chi connectivity index (χ1n) is 7.94. The van der Waals surface area contributed by atoms with E-state index in [0.717, 1.165) is 36.0 Å². The highest BCUT2D eigenvalue weighted by atomic mass is 16.5. The Morgan fingerprint density at radius 2 is 1.83 bits per heavy atom. The third kappa shape index (κ3) is 2.87. The molecule has 0 spiro atoms. The molecule has 3 nitrogen and oxygen atoms in total. The summed E-state index contributed by atoms with van der Waals surface area (Å²) in [5.41, 5.74) is 2.00. The fourth-order valence-corrected chi connectivity index (χ4v) is 2.83. The summed E-state index contributed by atoms with van der Waals surface area (Å²) in [5, 5.41) is 0.870. The van der Waals surface area contributed by atoms with Gasteiger partial charge in [0.25, 0.3) is 0 Å². The van der Waals surface area contributed by atoms with Crippen molar-refractivity contribution >= 4 is 16.8 Å². The number of carbonyl (C=O) groups excluding carboxylic acids is 1. The zero-order valence-corrected chi connectivity index (χ0v) is 13.5. The van der Waals surface area contributed by atoms with Gasteiger partial charge in [-0.1, -0.05) is 43.7 Å². The van der Waals surface area contributed by atoms with Gasteiger partial charge in [0.1, 0.15) is 17.1 Å². The number of hydrogen-bond acceptors (Lipinski definition) is 3. The van der Waals surface area contributed by atoms with Crippen LogP contribution in [0.15, 0.2) is 52.9 Å². The number of carbonyl (C=O) groups is 1. The molecular formula is C20H20O3. The molecule has 0 saturated heterocycles. The van der Waals surface area contributed by atoms with Crippen molar-refractivity contribution in [3.63, 3.8) is 0 Å². The van der Waals surface area contributed by atoms with Gasteiger partial charge in [0.15, 0.2) is 0 Å². The van der Waals surface area contributed by atoms with E-state index in [9.17, 15) is 4.79 Å². The highest BCUT2D eigenvalue weighted by Gasteiger charge is 2.23. The Labute approximate surface area is 135 Å². The van der Waals surface area contributed by atoms with E-state index in [1.165, 1.54) is 0 Å². The van der Waals surface area contributed by atoms with Crippen LogP contribution < -0.4 is 4.74 Å². The fourth-order valence-electron chi connectivity index (χ4n) is 2.83. The number of aryl methyl sites for hydroxylation is 1.